The molecule has 20 heavy (non-hydrogen) atoms. The van der Waals surface area contributed by atoms with Crippen LogP contribution in [0.1, 0.15) is 25.3 Å². The van der Waals surface area contributed by atoms with Crippen LogP contribution in [0.5, 0.6) is 5.75 Å². The number of rotatable bonds is 5. The smallest absolute Gasteiger partial charge is 0.224 e. The SMILES string of the molecule is CNC(C)(C#N)CCOc1ccc2c(c1)CCC(=O)N2. The summed E-state index contributed by atoms with van der Waals surface area (Å²) in [6, 6.07) is 7.89. The molecule has 0 fully saturated rings. The molecule has 1 unspecified atom stereocenters. The highest BCUT2D eigenvalue weighted by Gasteiger charge is 2.21. The van der Waals surface area contributed by atoms with Crippen LogP contribution in [0.3, 0.4) is 0 Å². The van der Waals surface area contributed by atoms with Crippen molar-refractivity contribution in [3.63, 3.8) is 0 Å². The van der Waals surface area contributed by atoms with Gasteiger partial charge < -0.3 is 15.4 Å². The summed E-state index contributed by atoms with van der Waals surface area (Å²) in [5, 5.41) is 14.9. The molecule has 5 heteroatoms. The molecular weight excluding hydrogens is 254 g/mol. The highest BCUT2D eigenvalue weighted by molar-refractivity contribution is 5.93. The Labute approximate surface area is 118 Å². The normalized spacial score (nSPS) is 16.6. The van der Waals surface area contributed by atoms with Crippen molar-refractivity contribution in [2.75, 3.05) is 19.0 Å². The largest absolute Gasteiger partial charge is 0.493 e. The van der Waals surface area contributed by atoms with E-state index in [2.05, 4.69) is 16.7 Å². The quantitative estimate of drug-likeness (QED) is 0.858. The molecule has 106 valence electrons. The lowest BCUT2D eigenvalue weighted by molar-refractivity contribution is -0.116. The molecule has 1 aliphatic rings. The first kappa shape index (κ1) is 14.4. The molecule has 0 aromatic heterocycles. The molecule has 1 amide bonds. The molecule has 2 rings (SSSR count). The van der Waals surface area contributed by atoms with Crippen LogP contribution in [-0.2, 0) is 11.2 Å². The van der Waals surface area contributed by atoms with Gasteiger partial charge in [-0.1, -0.05) is 0 Å². The number of aryl methyl sites for hydroxylation is 1. The Kier molecular flexibility index (Phi) is 4.26. The molecule has 1 atom stereocenters. The van der Waals surface area contributed by atoms with Crippen molar-refractivity contribution in [1.29, 1.82) is 5.26 Å². The number of nitrogens with one attached hydrogen (secondary N) is 2. The van der Waals surface area contributed by atoms with Crippen LogP contribution in [0.15, 0.2) is 18.2 Å². The molecule has 1 aliphatic heterocycles. The van der Waals surface area contributed by atoms with E-state index in [0.29, 0.717) is 19.4 Å². The minimum absolute atomic E-state index is 0.0602. The predicted octanol–water partition coefficient (Wildman–Crippen LogP) is 1.84. The number of fused-ring (bicyclic) bond motifs is 1. The zero-order chi connectivity index (χ0) is 14.6. The number of ether oxygens (including phenoxy) is 1. The third-order valence-corrected chi connectivity index (χ3v) is 3.64. The van der Waals surface area contributed by atoms with Gasteiger partial charge in [-0.05, 0) is 44.2 Å². The van der Waals surface area contributed by atoms with Crippen LogP contribution in [0.4, 0.5) is 5.69 Å². The third-order valence-electron chi connectivity index (χ3n) is 3.64. The van der Waals surface area contributed by atoms with E-state index < -0.39 is 5.54 Å². The second-order valence-corrected chi connectivity index (χ2v) is 5.16. The van der Waals surface area contributed by atoms with Gasteiger partial charge >= 0.3 is 0 Å². The molecule has 0 aliphatic carbocycles. The Morgan fingerprint density at radius 3 is 3.00 bits per heavy atom. The van der Waals surface area contributed by atoms with Gasteiger partial charge in [0.25, 0.3) is 0 Å². The fourth-order valence-corrected chi connectivity index (χ4v) is 2.06. The van der Waals surface area contributed by atoms with E-state index in [1.54, 1.807) is 7.05 Å². The minimum Gasteiger partial charge on any atom is -0.493 e. The zero-order valence-corrected chi connectivity index (χ0v) is 11.8. The predicted molar refractivity (Wildman–Crippen MR) is 76.6 cm³/mol. The summed E-state index contributed by atoms with van der Waals surface area (Å²) in [4.78, 5) is 11.3. The summed E-state index contributed by atoms with van der Waals surface area (Å²) in [7, 11) is 1.77. The van der Waals surface area contributed by atoms with Gasteiger partial charge in [0.05, 0.1) is 12.7 Å². The number of carbonyl (C=O) groups is 1. The number of hydrogen-bond acceptors (Lipinski definition) is 4. The number of nitriles is 1. The van der Waals surface area contributed by atoms with E-state index in [0.717, 1.165) is 23.4 Å². The van der Waals surface area contributed by atoms with E-state index in [1.807, 2.05) is 25.1 Å². The Hall–Kier alpha value is -2.06. The molecule has 2 N–H and O–H groups in total. The lowest BCUT2D eigenvalue weighted by Crippen LogP contribution is -2.39. The molecule has 0 bridgehead atoms. The second kappa shape index (κ2) is 5.93. The number of hydrogen-bond donors (Lipinski definition) is 2. The zero-order valence-electron chi connectivity index (χ0n) is 11.8. The van der Waals surface area contributed by atoms with Crippen LogP contribution in [0.25, 0.3) is 0 Å². The Bertz CT molecular complexity index is 551. The molecule has 0 saturated carbocycles. The van der Waals surface area contributed by atoms with Crippen molar-refractivity contribution in [3.8, 4) is 11.8 Å². The van der Waals surface area contributed by atoms with Crippen molar-refractivity contribution in [3.05, 3.63) is 23.8 Å². The van der Waals surface area contributed by atoms with Gasteiger partial charge in [0, 0.05) is 18.5 Å². The van der Waals surface area contributed by atoms with Gasteiger partial charge in [-0.15, -0.1) is 0 Å². The first-order chi connectivity index (χ1) is 9.56. The summed E-state index contributed by atoms with van der Waals surface area (Å²) in [6.45, 7) is 2.31. The maximum Gasteiger partial charge on any atom is 0.224 e. The van der Waals surface area contributed by atoms with Crippen molar-refractivity contribution >= 4 is 11.6 Å². The molecular formula is C15H19N3O2. The van der Waals surface area contributed by atoms with E-state index in [-0.39, 0.29) is 5.91 Å². The van der Waals surface area contributed by atoms with Gasteiger partial charge in [0.1, 0.15) is 11.3 Å². The summed E-state index contributed by atoms with van der Waals surface area (Å²) in [5.41, 5.74) is 1.40. The van der Waals surface area contributed by atoms with E-state index in [4.69, 9.17) is 10.00 Å². The highest BCUT2D eigenvalue weighted by atomic mass is 16.5. The number of benzene rings is 1. The Morgan fingerprint density at radius 1 is 1.50 bits per heavy atom. The standard InChI is InChI=1S/C15H19N3O2/c1-15(10-16,17-2)7-8-20-12-4-5-13-11(9-12)3-6-14(19)18-13/h4-5,9,17H,3,6-8H2,1-2H3,(H,18,19). The molecule has 1 heterocycles. The number of anilines is 1. The molecule has 1 aromatic carbocycles. The Morgan fingerprint density at radius 2 is 2.30 bits per heavy atom. The number of amides is 1. The number of nitrogens with zero attached hydrogens (tertiary/aromatic N) is 1. The summed E-state index contributed by atoms with van der Waals surface area (Å²) < 4.78 is 5.69. The van der Waals surface area contributed by atoms with Crippen LogP contribution < -0.4 is 15.4 Å². The third kappa shape index (κ3) is 3.28. The average Bonchev–Trinajstić information content (AvgIpc) is 2.47. The maximum absolute atomic E-state index is 11.3. The van der Waals surface area contributed by atoms with Gasteiger partial charge in [-0.2, -0.15) is 5.26 Å². The fourth-order valence-electron chi connectivity index (χ4n) is 2.06. The first-order valence-electron chi connectivity index (χ1n) is 6.72. The van der Waals surface area contributed by atoms with Crippen molar-refractivity contribution in [2.24, 2.45) is 0 Å². The lowest BCUT2D eigenvalue weighted by Gasteiger charge is -2.21. The fraction of sp³-hybridized carbons (Fsp3) is 0.467. The second-order valence-electron chi connectivity index (χ2n) is 5.16. The summed E-state index contributed by atoms with van der Waals surface area (Å²) in [5.74, 6) is 0.835. The summed E-state index contributed by atoms with van der Waals surface area (Å²) >= 11 is 0. The molecule has 0 spiro atoms. The van der Waals surface area contributed by atoms with Crippen LogP contribution in [0.2, 0.25) is 0 Å². The monoisotopic (exact) mass is 273 g/mol. The number of carbonyl (C=O) groups excluding carboxylic acids is 1. The van der Waals surface area contributed by atoms with E-state index >= 15 is 0 Å². The van der Waals surface area contributed by atoms with E-state index in [1.165, 1.54) is 0 Å². The van der Waals surface area contributed by atoms with Crippen LogP contribution >= 0.6 is 0 Å². The van der Waals surface area contributed by atoms with Gasteiger partial charge in [0.2, 0.25) is 5.91 Å². The minimum atomic E-state index is -0.567. The molecule has 1 aromatic rings. The first-order valence-corrected chi connectivity index (χ1v) is 6.72. The van der Waals surface area contributed by atoms with Crippen molar-refractivity contribution in [1.82, 2.24) is 5.32 Å². The topological polar surface area (TPSA) is 74.1 Å². The van der Waals surface area contributed by atoms with Gasteiger partial charge in [-0.3, -0.25) is 4.79 Å². The maximum atomic E-state index is 11.3. The highest BCUT2D eigenvalue weighted by Crippen LogP contribution is 2.27. The molecule has 0 saturated heterocycles. The lowest BCUT2D eigenvalue weighted by atomic mass is 10.0. The van der Waals surface area contributed by atoms with Crippen LogP contribution in [-0.4, -0.2) is 25.1 Å². The van der Waals surface area contributed by atoms with Crippen molar-refractivity contribution < 1.29 is 9.53 Å². The van der Waals surface area contributed by atoms with Gasteiger partial charge in [-0.25, -0.2) is 0 Å². The molecule has 0 radical (unpaired) electrons. The van der Waals surface area contributed by atoms with E-state index in [9.17, 15) is 4.79 Å². The average molecular weight is 273 g/mol. The van der Waals surface area contributed by atoms with Crippen LogP contribution in [0, 0.1) is 11.3 Å². The van der Waals surface area contributed by atoms with Crippen molar-refractivity contribution in [2.45, 2.75) is 31.7 Å². The van der Waals surface area contributed by atoms with Gasteiger partial charge in [0.15, 0.2) is 0 Å². The molecule has 5 nitrogen and oxygen atoms in total. The summed E-state index contributed by atoms with van der Waals surface area (Å²) in [6.07, 6.45) is 1.86. The Balaban J connectivity index is 1.95.